The summed E-state index contributed by atoms with van der Waals surface area (Å²) in [5.74, 6) is 0.646. The Hall–Kier alpha value is -1.60. The molecule has 3 rings (SSSR count). The van der Waals surface area contributed by atoms with E-state index >= 15 is 0 Å². The molecule has 1 heterocycles. The van der Waals surface area contributed by atoms with Gasteiger partial charge in [-0.25, -0.2) is 0 Å². The van der Waals surface area contributed by atoms with Gasteiger partial charge in [0.2, 0.25) is 0 Å². The van der Waals surface area contributed by atoms with Crippen molar-refractivity contribution in [3.8, 4) is 0 Å². The third-order valence-electron chi connectivity index (χ3n) is 4.73. The minimum Gasteiger partial charge on any atom is -0.338 e. The molecule has 0 radical (unpaired) electrons. The van der Waals surface area contributed by atoms with Gasteiger partial charge in [0.1, 0.15) is 0 Å². The Morgan fingerprint density at radius 2 is 1.74 bits per heavy atom. The Kier molecular flexibility index (Phi) is 6.42. The summed E-state index contributed by atoms with van der Waals surface area (Å²) in [4.78, 5) is 27.7. The smallest absolute Gasteiger partial charge is 0.256 e. The van der Waals surface area contributed by atoms with Crippen LogP contribution in [0.1, 0.15) is 41.0 Å². The molecular formula is C21H22ClIN2O2. The van der Waals surface area contributed by atoms with Crippen molar-refractivity contribution in [2.24, 2.45) is 11.8 Å². The lowest BCUT2D eigenvalue weighted by molar-refractivity contribution is 0.0624. The number of likely N-dealkylation sites (tertiary alicyclic amines) is 1. The first kappa shape index (κ1) is 20.1. The van der Waals surface area contributed by atoms with E-state index in [1.165, 1.54) is 0 Å². The highest BCUT2D eigenvalue weighted by Crippen LogP contribution is 2.26. The first-order valence-electron chi connectivity index (χ1n) is 9.00. The number of halogens is 2. The largest absolute Gasteiger partial charge is 0.338 e. The number of amides is 2. The second kappa shape index (κ2) is 8.61. The Bertz CT molecular complexity index is 861. The predicted octanol–water partition coefficient (Wildman–Crippen LogP) is 5.32. The molecule has 2 amide bonds. The fraction of sp³-hybridized carbons (Fsp3) is 0.333. The van der Waals surface area contributed by atoms with Crippen molar-refractivity contribution in [1.82, 2.24) is 4.90 Å². The van der Waals surface area contributed by atoms with Gasteiger partial charge in [0, 0.05) is 21.7 Å². The van der Waals surface area contributed by atoms with Crippen molar-refractivity contribution < 1.29 is 9.59 Å². The number of carbonyl (C=O) groups excluding carboxylic acids is 2. The minimum atomic E-state index is -0.275. The van der Waals surface area contributed by atoms with E-state index in [9.17, 15) is 9.59 Å². The fourth-order valence-corrected chi connectivity index (χ4v) is 4.39. The van der Waals surface area contributed by atoms with Gasteiger partial charge >= 0.3 is 0 Å². The summed E-state index contributed by atoms with van der Waals surface area (Å²) in [5, 5.41) is 3.39. The van der Waals surface area contributed by atoms with Gasteiger partial charge in [0.15, 0.2) is 0 Å². The van der Waals surface area contributed by atoms with E-state index in [0.29, 0.717) is 33.7 Å². The summed E-state index contributed by atoms with van der Waals surface area (Å²) < 4.78 is 0.803. The minimum absolute atomic E-state index is 0.0370. The molecule has 1 N–H and O–H groups in total. The van der Waals surface area contributed by atoms with Crippen LogP contribution in [0.25, 0.3) is 0 Å². The Morgan fingerprint density at radius 3 is 2.44 bits per heavy atom. The van der Waals surface area contributed by atoms with E-state index in [4.69, 9.17) is 11.6 Å². The molecule has 2 unspecified atom stereocenters. The number of anilines is 1. The van der Waals surface area contributed by atoms with Crippen LogP contribution in [0.2, 0.25) is 5.02 Å². The van der Waals surface area contributed by atoms with Gasteiger partial charge in [-0.1, -0.05) is 37.6 Å². The number of hydrogen-bond donors (Lipinski definition) is 1. The predicted molar refractivity (Wildman–Crippen MR) is 117 cm³/mol. The molecule has 0 saturated carbocycles. The molecule has 1 saturated heterocycles. The molecule has 0 aromatic heterocycles. The van der Waals surface area contributed by atoms with Gasteiger partial charge < -0.3 is 10.2 Å². The Morgan fingerprint density at radius 1 is 1.07 bits per heavy atom. The summed E-state index contributed by atoms with van der Waals surface area (Å²) in [6.07, 6.45) is 1.13. The number of nitrogens with zero attached hydrogens (tertiary/aromatic N) is 1. The maximum atomic E-state index is 13.1. The zero-order valence-corrected chi connectivity index (χ0v) is 18.3. The van der Waals surface area contributed by atoms with Crippen molar-refractivity contribution in [1.29, 1.82) is 0 Å². The number of rotatable bonds is 3. The Balaban J connectivity index is 1.84. The molecule has 1 fully saturated rings. The van der Waals surface area contributed by atoms with Gasteiger partial charge in [0.05, 0.1) is 16.8 Å². The lowest BCUT2D eigenvalue weighted by Gasteiger charge is -2.35. The molecule has 0 spiro atoms. The maximum absolute atomic E-state index is 13.1. The molecule has 6 heteroatoms. The third kappa shape index (κ3) is 4.82. The number of para-hydroxylation sites is 1. The van der Waals surface area contributed by atoms with Crippen LogP contribution in [0, 0.1) is 15.4 Å². The van der Waals surface area contributed by atoms with Crippen LogP contribution in [0.15, 0.2) is 42.5 Å². The maximum Gasteiger partial charge on any atom is 0.256 e. The molecule has 2 aromatic rings. The third-order valence-corrected chi connectivity index (χ3v) is 5.91. The summed E-state index contributed by atoms with van der Waals surface area (Å²) >= 11 is 8.13. The van der Waals surface area contributed by atoms with E-state index in [0.717, 1.165) is 23.1 Å². The van der Waals surface area contributed by atoms with E-state index in [-0.39, 0.29) is 11.8 Å². The first-order valence-corrected chi connectivity index (χ1v) is 10.5. The van der Waals surface area contributed by atoms with Crippen molar-refractivity contribution in [2.75, 3.05) is 18.4 Å². The van der Waals surface area contributed by atoms with Gasteiger partial charge in [-0.3, -0.25) is 9.59 Å². The van der Waals surface area contributed by atoms with E-state index < -0.39 is 0 Å². The van der Waals surface area contributed by atoms with Crippen LogP contribution in [-0.2, 0) is 0 Å². The topological polar surface area (TPSA) is 49.4 Å². The van der Waals surface area contributed by atoms with Gasteiger partial charge in [0.25, 0.3) is 11.8 Å². The van der Waals surface area contributed by atoms with Crippen LogP contribution in [0.3, 0.4) is 0 Å². The second-order valence-electron chi connectivity index (χ2n) is 7.28. The standard InChI is InChI=1S/C21H22ClIN2O2/c1-13-9-14(2)12-25(11-13)21(27)16-5-3-4-6-19(16)24-20(26)17-10-15(22)7-8-18(17)23/h3-8,10,13-14H,9,11-12H2,1-2H3,(H,24,26). The molecule has 2 aromatic carbocycles. The van der Waals surface area contributed by atoms with Gasteiger partial charge in [-0.05, 0) is 71.2 Å². The monoisotopic (exact) mass is 496 g/mol. The molecule has 1 aliphatic rings. The summed E-state index contributed by atoms with van der Waals surface area (Å²) in [6, 6.07) is 12.3. The lowest BCUT2D eigenvalue weighted by Crippen LogP contribution is -2.42. The molecule has 4 nitrogen and oxygen atoms in total. The molecule has 0 aliphatic carbocycles. The zero-order chi connectivity index (χ0) is 19.6. The average molecular weight is 497 g/mol. The zero-order valence-electron chi connectivity index (χ0n) is 15.3. The quantitative estimate of drug-likeness (QED) is 0.585. The highest BCUT2D eigenvalue weighted by molar-refractivity contribution is 14.1. The number of benzene rings is 2. The summed E-state index contributed by atoms with van der Waals surface area (Å²) in [5.41, 5.74) is 1.53. The average Bonchev–Trinajstić information content (AvgIpc) is 2.62. The van der Waals surface area contributed by atoms with E-state index in [2.05, 4.69) is 41.8 Å². The van der Waals surface area contributed by atoms with Gasteiger partial charge in [-0.15, -0.1) is 0 Å². The lowest BCUT2D eigenvalue weighted by atomic mass is 9.91. The summed E-state index contributed by atoms with van der Waals surface area (Å²) in [7, 11) is 0. The van der Waals surface area contributed by atoms with Crippen molar-refractivity contribution in [3.05, 3.63) is 62.2 Å². The summed E-state index contributed by atoms with van der Waals surface area (Å²) in [6.45, 7) is 5.84. The van der Waals surface area contributed by atoms with E-state index in [1.807, 2.05) is 17.0 Å². The molecule has 142 valence electrons. The second-order valence-corrected chi connectivity index (χ2v) is 8.88. The fourth-order valence-electron chi connectivity index (χ4n) is 3.64. The van der Waals surface area contributed by atoms with Gasteiger partial charge in [-0.2, -0.15) is 0 Å². The molecular weight excluding hydrogens is 475 g/mol. The van der Waals surface area contributed by atoms with Crippen molar-refractivity contribution in [2.45, 2.75) is 20.3 Å². The highest BCUT2D eigenvalue weighted by Gasteiger charge is 2.27. The van der Waals surface area contributed by atoms with Crippen LogP contribution < -0.4 is 5.32 Å². The van der Waals surface area contributed by atoms with Crippen molar-refractivity contribution in [3.63, 3.8) is 0 Å². The number of carbonyl (C=O) groups is 2. The van der Waals surface area contributed by atoms with Crippen LogP contribution in [0.4, 0.5) is 5.69 Å². The number of piperidine rings is 1. The number of hydrogen-bond acceptors (Lipinski definition) is 2. The SMILES string of the molecule is CC1CC(C)CN(C(=O)c2ccccc2NC(=O)c2cc(Cl)ccc2I)C1. The van der Waals surface area contributed by atoms with Crippen LogP contribution in [0.5, 0.6) is 0 Å². The molecule has 1 aliphatic heterocycles. The number of nitrogens with one attached hydrogen (secondary N) is 1. The van der Waals surface area contributed by atoms with Crippen molar-refractivity contribution >= 4 is 51.7 Å². The molecule has 2 atom stereocenters. The normalized spacial score (nSPS) is 19.6. The molecule has 0 bridgehead atoms. The molecule has 27 heavy (non-hydrogen) atoms. The Labute approximate surface area is 178 Å². The highest BCUT2D eigenvalue weighted by atomic mass is 127. The first-order chi connectivity index (χ1) is 12.8. The van der Waals surface area contributed by atoms with Crippen LogP contribution >= 0.6 is 34.2 Å². The van der Waals surface area contributed by atoms with Crippen LogP contribution in [-0.4, -0.2) is 29.8 Å². The van der Waals surface area contributed by atoms with E-state index in [1.54, 1.807) is 30.3 Å².